The van der Waals surface area contributed by atoms with E-state index in [9.17, 15) is 4.79 Å². The minimum atomic E-state index is -0.0654. The molecule has 110 valence electrons. The van der Waals surface area contributed by atoms with Gasteiger partial charge in [0.15, 0.2) is 0 Å². The van der Waals surface area contributed by atoms with Crippen LogP contribution >= 0.6 is 50.1 Å². The molecule has 0 saturated heterocycles. The van der Waals surface area contributed by atoms with Gasteiger partial charge >= 0.3 is 0 Å². The van der Waals surface area contributed by atoms with E-state index < -0.39 is 0 Å². The topological polar surface area (TPSA) is 45.8 Å². The molecule has 3 nitrogen and oxygen atoms in total. The van der Waals surface area contributed by atoms with Crippen molar-refractivity contribution in [2.45, 2.75) is 31.6 Å². The fourth-order valence-electron chi connectivity index (χ4n) is 2.76. The van der Waals surface area contributed by atoms with Gasteiger partial charge in [0.05, 0.1) is 9.26 Å². The summed E-state index contributed by atoms with van der Waals surface area (Å²) in [6, 6.07) is 5.48. The summed E-state index contributed by atoms with van der Waals surface area (Å²) in [5, 5.41) is 0.648. The molecule has 2 aromatic rings. The molecule has 0 radical (unpaired) electrons. The van der Waals surface area contributed by atoms with Gasteiger partial charge in [0.25, 0.3) is 5.56 Å². The van der Waals surface area contributed by atoms with Crippen LogP contribution in [0.5, 0.6) is 0 Å². The number of hydrogen-bond donors (Lipinski definition) is 1. The molecule has 3 rings (SSSR count). The van der Waals surface area contributed by atoms with Crippen LogP contribution in [0.2, 0.25) is 5.02 Å². The summed E-state index contributed by atoms with van der Waals surface area (Å²) >= 11 is 11.6. The van der Waals surface area contributed by atoms with Crippen molar-refractivity contribution in [3.05, 3.63) is 47.3 Å². The lowest BCUT2D eigenvalue weighted by Gasteiger charge is -2.13. The van der Waals surface area contributed by atoms with E-state index in [1.165, 1.54) is 12.8 Å². The van der Waals surface area contributed by atoms with E-state index in [0.29, 0.717) is 20.3 Å². The van der Waals surface area contributed by atoms with Gasteiger partial charge in [-0.1, -0.05) is 24.4 Å². The summed E-state index contributed by atoms with van der Waals surface area (Å²) in [4.78, 5) is 19.8. The molecule has 0 spiro atoms. The highest BCUT2D eigenvalue weighted by atomic mass is 127. The zero-order chi connectivity index (χ0) is 15.0. The molecule has 0 bridgehead atoms. The second-order valence-corrected chi connectivity index (χ2v) is 7.59. The van der Waals surface area contributed by atoms with Gasteiger partial charge in [0.1, 0.15) is 5.82 Å². The molecule has 21 heavy (non-hydrogen) atoms. The van der Waals surface area contributed by atoms with Gasteiger partial charge in [-0.3, -0.25) is 4.79 Å². The predicted octanol–water partition coefficient (Wildman–Crippen LogP) is 5.12. The van der Waals surface area contributed by atoms with E-state index in [4.69, 9.17) is 16.6 Å². The van der Waals surface area contributed by atoms with Gasteiger partial charge in [0.2, 0.25) is 0 Å². The summed E-state index contributed by atoms with van der Waals surface area (Å²) in [5.74, 6) is 1.01. The quantitative estimate of drug-likeness (QED) is 0.608. The van der Waals surface area contributed by atoms with Gasteiger partial charge in [-0.2, -0.15) is 0 Å². The van der Waals surface area contributed by atoms with E-state index in [-0.39, 0.29) is 5.56 Å². The van der Waals surface area contributed by atoms with Crippen molar-refractivity contribution in [1.29, 1.82) is 0 Å². The maximum absolute atomic E-state index is 12.2. The Morgan fingerprint density at radius 2 is 2.05 bits per heavy atom. The molecule has 1 N–H and O–H groups in total. The largest absolute Gasteiger partial charge is 0.306 e. The molecular formula is C15H13BrClIN2O. The first-order chi connectivity index (χ1) is 10.1. The number of benzene rings is 1. The fraction of sp³-hybridized carbons (Fsp3) is 0.333. The Balaban J connectivity index is 2.13. The minimum absolute atomic E-state index is 0.0654. The number of aromatic amines is 1. The van der Waals surface area contributed by atoms with Crippen LogP contribution in [0.15, 0.2) is 27.5 Å². The number of rotatable bonds is 2. The molecule has 1 saturated carbocycles. The third kappa shape index (κ3) is 3.19. The lowest BCUT2D eigenvalue weighted by molar-refractivity contribution is 0.687. The summed E-state index contributed by atoms with van der Waals surface area (Å²) in [5.41, 5.74) is 1.73. The zero-order valence-electron chi connectivity index (χ0n) is 11.1. The molecule has 1 aromatic carbocycles. The summed E-state index contributed by atoms with van der Waals surface area (Å²) < 4.78 is 1.55. The van der Waals surface area contributed by atoms with Crippen LogP contribution in [-0.2, 0) is 0 Å². The van der Waals surface area contributed by atoms with E-state index in [1.54, 1.807) is 6.07 Å². The first kappa shape index (κ1) is 15.5. The minimum Gasteiger partial charge on any atom is -0.306 e. The smallest absolute Gasteiger partial charge is 0.264 e. The Morgan fingerprint density at radius 3 is 2.71 bits per heavy atom. The summed E-state index contributed by atoms with van der Waals surface area (Å²) in [6.07, 6.45) is 4.67. The van der Waals surface area contributed by atoms with Crippen molar-refractivity contribution in [2.75, 3.05) is 0 Å². The number of hydrogen-bond acceptors (Lipinski definition) is 2. The van der Waals surface area contributed by atoms with E-state index in [2.05, 4.69) is 43.5 Å². The second kappa shape index (κ2) is 6.38. The van der Waals surface area contributed by atoms with Crippen molar-refractivity contribution >= 4 is 50.1 Å². The van der Waals surface area contributed by atoms with Crippen LogP contribution in [0.3, 0.4) is 0 Å². The molecule has 1 aliphatic rings. The van der Waals surface area contributed by atoms with Gasteiger partial charge in [-0.15, -0.1) is 0 Å². The standard InChI is InChI=1S/C15H13BrClIN2O/c16-11-7-9(17)5-6-10(11)14-19-13(8-3-1-2-4-8)12(18)15(21)20-14/h5-8H,1-4H2,(H,19,20,21). The monoisotopic (exact) mass is 478 g/mol. The third-order valence-electron chi connectivity index (χ3n) is 3.82. The van der Waals surface area contributed by atoms with Crippen molar-refractivity contribution in [1.82, 2.24) is 9.97 Å². The van der Waals surface area contributed by atoms with E-state index in [1.807, 2.05) is 12.1 Å². The Morgan fingerprint density at radius 1 is 1.33 bits per heavy atom. The van der Waals surface area contributed by atoms with Gasteiger partial charge in [0, 0.05) is 21.0 Å². The molecule has 0 aliphatic heterocycles. The molecule has 1 fully saturated rings. The molecule has 6 heteroatoms. The van der Waals surface area contributed by atoms with E-state index in [0.717, 1.165) is 28.6 Å². The Kier molecular flexibility index (Phi) is 4.71. The van der Waals surface area contributed by atoms with Crippen molar-refractivity contribution in [3.8, 4) is 11.4 Å². The Labute approximate surface area is 149 Å². The summed E-state index contributed by atoms with van der Waals surface area (Å²) in [6.45, 7) is 0. The molecular weight excluding hydrogens is 466 g/mol. The highest BCUT2D eigenvalue weighted by molar-refractivity contribution is 14.1. The second-order valence-electron chi connectivity index (χ2n) is 5.22. The van der Waals surface area contributed by atoms with Crippen LogP contribution in [0, 0.1) is 3.57 Å². The first-order valence-electron chi connectivity index (χ1n) is 6.81. The number of H-pyrrole nitrogens is 1. The van der Waals surface area contributed by atoms with Gasteiger partial charge < -0.3 is 4.98 Å². The fourth-order valence-corrected chi connectivity index (χ4v) is 4.32. The number of halogens is 3. The summed E-state index contributed by atoms with van der Waals surface area (Å²) in [7, 11) is 0. The van der Waals surface area contributed by atoms with Gasteiger partial charge in [-0.05, 0) is 69.6 Å². The number of aromatic nitrogens is 2. The molecule has 0 amide bonds. The average molecular weight is 480 g/mol. The molecule has 0 atom stereocenters. The predicted molar refractivity (Wildman–Crippen MR) is 96.9 cm³/mol. The number of nitrogens with one attached hydrogen (secondary N) is 1. The van der Waals surface area contributed by atoms with E-state index >= 15 is 0 Å². The molecule has 1 aromatic heterocycles. The van der Waals surface area contributed by atoms with Gasteiger partial charge in [-0.25, -0.2) is 4.98 Å². The SMILES string of the molecule is O=c1[nH]c(-c2ccc(Cl)cc2Br)nc(C2CCCC2)c1I. The van der Waals surface area contributed by atoms with Crippen LogP contribution in [0.4, 0.5) is 0 Å². The average Bonchev–Trinajstić information content (AvgIpc) is 2.96. The molecule has 0 unspecified atom stereocenters. The zero-order valence-corrected chi connectivity index (χ0v) is 15.6. The van der Waals surface area contributed by atoms with Crippen molar-refractivity contribution < 1.29 is 0 Å². The van der Waals surface area contributed by atoms with Crippen LogP contribution in [0.1, 0.15) is 37.3 Å². The highest BCUT2D eigenvalue weighted by Crippen LogP contribution is 2.35. The van der Waals surface area contributed by atoms with Crippen LogP contribution in [-0.4, -0.2) is 9.97 Å². The third-order valence-corrected chi connectivity index (χ3v) is 5.75. The highest BCUT2D eigenvalue weighted by Gasteiger charge is 2.23. The maximum Gasteiger partial charge on any atom is 0.264 e. The molecule has 1 heterocycles. The maximum atomic E-state index is 12.2. The Bertz CT molecular complexity index is 741. The first-order valence-corrected chi connectivity index (χ1v) is 9.06. The van der Waals surface area contributed by atoms with Crippen LogP contribution in [0.25, 0.3) is 11.4 Å². The van der Waals surface area contributed by atoms with Crippen molar-refractivity contribution in [3.63, 3.8) is 0 Å². The Hall–Kier alpha value is -0.400. The molecule has 1 aliphatic carbocycles. The van der Waals surface area contributed by atoms with Crippen molar-refractivity contribution in [2.24, 2.45) is 0 Å². The van der Waals surface area contributed by atoms with Crippen LogP contribution < -0.4 is 5.56 Å². The lowest BCUT2D eigenvalue weighted by Crippen LogP contribution is -2.18. The number of nitrogens with zero attached hydrogens (tertiary/aromatic N) is 1. The normalized spacial score (nSPS) is 15.6. The lowest BCUT2D eigenvalue weighted by atomic mass is 10.0.